The van der Waals surface area contributed by atoms with Crippen molar-refractivity contribution in [3.05, 3.63) is 63.9 Å². The Kier molecular flexibility index (Phi) is 6.14. The SMILES string of the molecule is COc1cc(N2CCN(C)CC2)c([N+](=O)[O-])cc1Nc1ncc(Cl)c(-c2c[nH]c3ccccc23)n1. The summed E-state index contributed by atoms with van der Waals surface area (Å²) in [5.74, 6) is 0.700. The second kappa shape index (κ2) is 9.40. The number of nitro groups is 1. The van der Waals surface area contributed by atoms with Crippen LogP contribution in [0.4, 0.5) is 23.0 Å². The highest BCUT2D eigenvalue weighted by molar-refractivity contribution is 6.33. The number of para-hydroxylation sites is 1. The van der Waals surface area contributed by atoms with Crippen LogP contribution in [-0.2, 0) is 0 Å². The lowest BCUT2D eigenvalue weighted by Gasteiger charge is -2.34. The van der Waals surface area contributed by atoms with Crippen molar-refractivity contribution >= 4 is 45.5 Å². The number of anilines is 3. The van der Waals surface area contributed by atoms with E-state index < -0.39 is 0 Å². The number of halogens is 1. The molecule has 35 heavy (non-hydrogen) atoms. The minimum absolute atomic E-state index is 0.0105. The smallest absolute Gasteiger partial charge is 0.294 e. The van der Waals surface area contributed by atoms with Crippen molar-refractivity contribution in [1.29, 1.82) is 0 Å². The minimum Gasteiger partial charge on any atom is -0.494 e. The number of H-pyrrole nitrogens is 1. The zero-order valence-electron chi connectivity index (χ0n) is 19.3. The lowest BCUT2D eigenvalue weighted by molar-refractivity contribution is -0.384. The minimum atomic E-state index is -0.377. The first-order chi connectivity index (χ1) is 16.9. The van der Waals surface area contributed by atoms with Crippen molar-refractivity contribution in [2.24, 2.45) is 0 Å². The largest absolute Gasteiger partial charge is 0.494 e. The second-order valence-corrected chi connectivity index (χ2v) is 8.76. The number of hydrogen-bond acceptors (Lipinski definition) is 8. The predicted molar refractivity (Wildman–Crippen MR) is 137 cm³/mol. The van der Waals surface area contributed by atoms with E-state index in [9.17, 15) is 10.1 Å². The molecule has 2 aromatic carbocycles. The third-order valence-corrected chi connectivity index (χ3v) is 6.45. The quantitative estimate of drug-likeness (QED) is 0.294. The molecule has 2 N–H and O–H groups in total. The van der Waals surface area contributed by atoms with Crippen LogP contribution in [0.1, 0.15) is 0 Å². The monoisotopic (exact) mass is 493 g/mol. The lowest BCUT2D eigenvalue weighted by Crippen LogP contribution is -2.44. The molecule has 1 aliphatic rings. The molecule has 5 rings (SSSR count). The summed E-state index contributed by atoms with van der Waals surface area (Å²) in [5.41, 5.74) is 3.25. The van der Waals surface area contributed by atoms with Gasteiger partial charge in [0.2, 0.25) is 5.95 Å². The summed E-state index contributed by atoms with van der Waals surface area (Å²) in [5, 5.41) is 16.4. The van der Waals surface area contributed by atoms with Crippen LogP contribution in [0.25, 0.3) is 22.2 Å². The number of nitro benzene ring substituents is 1. The van der Waals surface area contributed by atoms with Crippen LogP contribution in [-0.4, -0.2) is 65.1 Å². The van der Waals surface area contributed by atoms with Crippen LogP contribution in [0.15, 0.2) is 48.8 Å². The molecular weight excluding hydrogens is 470 g/mol. The molecule has 4 aromatic rings. The van der Waals surface area contributed by atoms with E-state index in [2.05, 4.69) is 25.2 Å². The number of hydrogen-bond donors (Lipinski definition) is 2. The summed E-state index contributed by atoms with van der Waals surface area (Å²) in [7, 11) is 3.57. The Morgan fingerprint density at radius 2 is 1.97 bits per heavy atom. The molecule has 3 heterocycles. The van der Waals surface area contributed by atoms with E-state index >= 15 is 0 Å². The van der Waals surface area contributed by atoms with Gasteiger partial charge in [0.25, 0.3) is 5.69 Å². The van der Waals surface area contributed by atoms with E-state index in [1.807, 2.05) is 42.4 Å². The summed E-state index contributed by atoms with van der Waals surface area (Å²) in [6, 6.07) is 11.0. The number of benzene rings is 2. The number of piperazine rings is 1. The van der Waals surface area contributed by atoms with Gasteiger partial charge >= 0.3 is 0 Å². The summed E-state index contributed by atoms with van der Waals surface area (Å²) in [6.45, 7) is 3.05. The molecule has 11 heteroatoms. The number of nitrogens with one attached hydrogen (secondary N) is 2. The first kappa shape index (κ1) is 22.9. The number of methoxy groups -OCH3 is 1. The molecule has 2 aromatic heterocycles. The van der Waals surface area contributed by atoms with Gasteiger partial charge in [-0.1, -0.05) is 29.8 Å². The van der Waals surface area contributed by atoms with Gasteiger partial charge in [0.15, 0.2) is 0 Å². The van der Waals surface area contributed by atoms with Crippen molar-refractivity contribution in [2.75, 3.05) is 50.6 Å². The van der Waals surface area contributed by atoms with E-state index in [1.54, 1.807) is 6.07 Å². The van der Waals surface area contributed by atoms with Crippen LogP contribution in [0.3, 0.4) is 0 Å². The summed E-state index contributed by atoms with van der Waals surface area (Å²) >= 11 is 6.44. The van der Waals surface area contributed by atoms with E-state index in [0.717, 1.165) is 29.6 Å². The molecule has 1 saturated heterocycles. The summed E-state index contributed by atoms with van der Waals surface area (Å²) in [4.78, 5) is 27.9. The van der Waals surface area contributed by atoms with Gasteiger partial charge in [-0.2, -0.15) is 0 Å². The molecule has 180 valence electrons. The fourth-order valence-corrected chi connectivity index (χ4v) is 4.47. The fraction of sp³-hybridized carbons (Fsp3) is 0.250. The molecule has 0 saturated carbocycles. The number of likely N-dealkylation sites (N-methyl/N-ethyl adjacent to an activating group) is 1. The Morgan fingerprint density at radius 1 is 1.20 bits per heavy atom. The van der Waals surface area contributed by atoms with Crippen LogP contribution >= 0.6 is 11.6 Å². The Labute approximate surface area is 206 Å². The highest BCUT2D eigenvalue weighted by Gasteiger charge is 2.26. The molecular formula is C24H24ClN7O3. The van der Waals surface area contributed by atoms with Crippen LogP contribution in [0.5, 0.6) is 5.75 Å². The first-order valence-electron chi connectivity index (χ1n) is 11.1. The van der Waals surface area contributed by atoms with Gasteiger partial charge in [-0.3, -0.25) is 10.1 Å². The van der Waals surface area contributed by atoms with Gasteiger partial charge in [0.05, 0.1) is 34.6 Å². The maximum Gasteiger partial charge on any atom is 0.294 e. The van der Waals surface area contributed by atoms with E-state index in [1.165, 1.54) is 19.4 Å². The van der Waals surface area contributed by atoms with E-state index in [4.69, 9.17) is 16.3 Å². The van der Waals surface area contributed by atoms with Crippen LogP contribution in [0, 0.1) is 10.1 Å². The van der Waals surface area contributed by atoms with Gasteiger partial charge in [-0.05, 0) is 13.1 Å². The molecule has 10 nitrogen and oxygen atoms in total. The third kappa shape index (κ3) is 4.45. The molecule has 0 unspecified atom stereocenters. The standard InChI is InChI=1S/C24H24ClN7O3/c1-30-7-9-31(10-8-30)20-12-22(35-2)19(11-21(20)32(33)34)28-24-27-14-17(25)23(29-24)16-13-26-18-6-4-3-5-15(16)18/h3-6,11-14,26H,7-10H2,1-2H3,(H,27,28,29). The number of fused-ring (bicyclic) bond motifs is 1. The zero-order valence-corrected chi connectivity index (χ0v) is 20.0. The van der Waals surface area contributed by atoms with Gasteiger partial charge < -0.3 is 24.8 Å². The van der Waals surface area contributed by atoms with E-state index in [-0.39, 0.29) is 16.6 Å². The fourth-order valence-electron chi connectivity index (χ4n) is 4.28. The molecule has 0 bridgehead atoms. The topological polar surface area (TPSA) is 112 Å². The maximum atomic E-state index is 12.0. The van der Waals surface area contributed by atoms with Gasteiger partial charge in [-0.15, -0.1) is 0 Å². The third-order valence-electron chi connectivity index (χ3n) is 6.17. The summed E-state index contributed by atoms with van der Waals surface area (Å²) in [6.07, 6.45) is 3.35. The lowest BCUT2D eigenvalue weighted by atomic mass is 10.1. The molecule has 0 aliphatic carbocycles. The molecule has 0 spiro atoms. The second-order valence-electron chi connectivity index (χ2n) is 8.35. The van der Waals surface area contributed by atoms with Gasteiger partial charge in [0, 0.05) is 61.0 Å². The number of aromatic nitrogens is 3. The number of rotatable bonds is 6. The van der Waals surface area contributed by atoms with Crippen molar-refractivity contribution in [1.82, 2.24) is 19.9 Å². The average molecular weight is 494 g/mol. The van der Waals surface area contributed by atoms with Gasteiger partial charge in [-0.25, -0.2) is 9.97 Å². The van der Waals surface area contributed by atoms with Crippen LogP contribution in [0.2, 0.25) is 5.02 Å². The van der Waals surface area contributed by atoms with Crippen molar-refractivity contribution in [2.45, 2.75) is 0 Å². The van der Waals surface area contributed by atoms with Crippen LogP contribution < -0.4 is 15.0 Å². The molecule has 0 atom stereocenters. The molecule has 1 aliphatic heterocycles. The number of ether oxygens (including phenoxy) is 1. The summed E-state index contributed by atoms with van der Waals surface area (Å²) < 4.78 is 5.58. The average Bonchev–Trinajstić information content (AvgIpc) is 3.29. The Bertz CT molecular complexity index is 1400. The zero-order chi connectivity index (χ0) is 24.5. The highest BCUT2D eigenvalue weighted by atomic mass is 35.5. The number of aromatic amines is 1. The normalized spacial score (nSPS) is 14.3. The molecule has 0 amide bonds. The van der Waals surface area contributed by atoms with Crippen molar-refractivity contribution in [3.8, 4) is 17.0 Å². The van der Waals surface area contributed by atoms with Crippen molar-refractivity contribution < 1.29 is 9.66 Å². The first-order valence-corrected chi connectivity index (χ1v) is 11.5. The van der Waals surface area contributed by atoms with E-state index in [0.29, 0.717) is 40.9 Å². The van der Waals surface area contributed by atoms with Crippen molar-refractivity contribution in [3.63, 3.8) is 0 Å². The Morgan fingerprint density at radius 3 is 2.71 bits per heavy atom. The van der Waals surface area contributed by atoms with Gasteiger partial charge in [0.1, 0.15) is 11.4 Å². The molecule has 1 fully saturated rings. The predicted octanol–water partition coefficient (Wildman–Crippen LogP) is 4.69. The maximum absolute atomic E-state index is 12.0. The molecule has 0 radical (unpaired) electrons. The highest BCUT2D eigenvalue weighted by Crippen LogP contribution is 2.40. The Balaban J connectivity index is 1.52. The number of nitrogens with zero attached hydrogens (tertiary/aromatic N) is 5. The Hall–Kier alpha value is -3.89.